The molecule has 208 valence electrons. The van der Waals surface area contributed by atoms with Crippen LogP contribution < -0.4 is 5.73 Å². The Labute approximate surface area is 212 Å². The Kier molecular flexibility index (Phi) is 16.6. The zero-order valence-corrected chi connectivity index (χ0v) is 22.0. The maximum absolute atomic E-state index is 10.6. The number of aliphatic hydroxyl groups excluding tert-OH is 3. The molecule has 35 heavy (non-hydrogen) atoms. The molecule has 0 radical (unpaired) electrons. The van der Waals surface area contributed by atoms with Crippen molar-refractivity contribution < 1.29 is 34.3 Å². The van der Waals surface area contributed by atoms with E-state index < -0.39 is 18.9 Å². The molecule has 0 aromatic rings. The van der Waals surface area contributed by atoms with Gasteiger partial charge >= 0.3 is 0 Å². The summed E-state index contributed by atoms with van der Waals surface area (Å²) in [5.74, 6) is 0.610. The Morgan fingerprint density at radius 2 is 1.40 bits per heavy atom. The average Bonchev–Trinajstić information content (AvgIpc) is 2.86. The number of rotatable bonds is 19. The monoisotopic (exact) mass is 503 g/mol. The highest BCUT2D eigenvalue weighted by molar-refractivity contribution is 4.78. The fourth-order valence-corrected chi connectivity index (χ4v) is 5.19. The van der Waals surface area contributed by atoms with Crippen molar-refractivity contribution in [1.29, 1.82) is 0 Å². The summed E-state index contributed by atoms with van der Waals surface area (Å²) >= 11 is 0. The van der Waals surface area contributed by atoms with E-state index in [1.54, 1.807) is 0 Å². The van der Waals surface area contributed by atoms with Gasteiger partial charge in [0.25, 0.3) is 0 Å². The van der Waals surface area contributed by atoms with Gasteiger partial charge < -0.3 is 40.0 Å². The van der Waals surface area contributed by atoms with Gasteiger partial charge in [0.1, 0.15) is 0 Å². The third-order valence-corrected chi connectivity index (χ3v) is 7.45. The zero-order valence-electron chi connectivity index (χ0n) is 22.0. The second kappa shape index (κ2) is 18.9. The second-order valence-electron chi connectivity index (χ2n) is 10.5. The van der Waals surface area contributed by atoms with E-state index in [9.17, 15) is 15.3 Å². The second-order valence-corrected chi connectivity index (χ2v) is 10.5. The Morgan fingerprint density at radius 1 is 0.743 bits per heavy atom. The van der Waals surface area contributed by atoms with Crippen LogP contribution in [0, 0.1) is 11.8 Å². The highest BCUT2D eigenvalue weighted by Crippen LogP contribution is 2.34. The van der Waals surface area contributed by atoms with Crippen LogP contribution in [0.2, 0.25) is 0 Å². The molecule has 3 unspecified atom stereocenters. The van der Waals surface area contributed by atoms with Crippen LogP contribution >= 0.6 is 0 Å². The van der Waals surface area contributed by atoms with Crippen molar-refractivity contribution in [2.75, 3.05) is 26.4 Å². The van der Waals surface area contributed by atoms with Gasteiger partial charge in [0.2, 0.25) is 0 Å². The van der Waals surface area contributed by atoms with Gasteiger partial charge in [-0.25, -0.2) is 0 Å². The van der Waals surface area contributed by atoms with Crippen molar-refractivity contribution in [3.63, 3.8) is 0 Å². The van der Waals surface area contributed by atoms with Crippen LogP contribution in [0.25, 0.3) is 0 Å². The Bertz CT molecular complexity index is 496. The molecular weight excluding hydrogens is 450 g/mol. The van der Waals surface area contributed by atoms with Gasteiger partial charge in [-0.1, -0.05) is 19.8 Å². The largest absolute Gasteiger partial charge is 0.378 e. The predicted octanol–water partition coefficient (Wildman–Crippen LogP) is 3.83. The Hall–Kier alpha value is -0.320. The van der Waals surface area contributed by atoms with E-state index >= 15 is 0 Å². The molecule has 0 bridgehead atoms. The van der Waals surface area contributed by atoms with Crippen molar-refractivity contribution in [2.45, 2.75) is 134 Å². The highest BCUT2D eigenvalue weighted by Gasteiger charge is 2.31. The molecule has 8 heteroatoms. The van der Waals surface area contributed by atoms with Crippen molar-refractivity contribution in [3.05, 3.63) is 0 Å². The van der Waals surface area contributed by atoms with E-state index in [-0.39, 0.29) is 12.0 Å². The SMILES string of the molecule is CCCCCC(O)OCCCOC(O)CC1CCC(OC(O)C2CCC(OCCCN)CC2)CC1. The van der Waals surface area contributed by atoms with Crippen LogP contribution in [0.3, 0.4) is 0 Å². The minimum Gasteiger partial charge on any atom is -0.378 e. The number of nitrogens with two attached hydrogens (primary N) is 1. The number of unbranched alkanes of at least 4 members (excludes halogenated alkanes) is 2. The van der Waals surface area contributed by atoms with Gasteiger partial charge in [-0.15, -0.1) is 0 Å². The lowest BCUT2D eigenvalue weighted by Gasteiger charge is -2.35. The first-order valence-electron chi connectivity index (χ1n) is 14.3. The number of aliphatic hydroxyl groups is 3. The summed E-state index contributed by atoms with van der Waals surface area (Å²) in [7, 11) is 0. The molecule has 0 amide bonds. The molecule has 5 N–H and O–H groups in total. The highest BCUT2D eigenvalue weighted by atomic mass is 16.6. The molecule has 2 aliphatic carbocycles. The first-order valence-corrected chi connectivity index (χ1v) is 14.3. The predicted molar refractivity (Wildman–Crippen MR) is 136 cm³/mol. The van der Waals surface area contributed by atoms with E-state index in [0.29, 0.717) is 51.0 Å². The maximum atomic E-state index is 10.6. The molecule has 2 rings (SSSR count). The first kappa shape index (κ1) is 30.9. The van der Waals surface area contributed by atoms with E-state index in [2.05, 4.69) is 6.92 Å². The average molecular weight is 504 g/mol. The van der Waals surface area contributed by atoms with Crippen LogP contribution in [-0.4, -0.2) is 72.8 Å². The smallest absolute Gasteiger partial charge is 0.157 e. The summed E-state index contributed by atoms with van der Waals surface area (Å²) in [6.07, 6.45) is 11.9. The summed E-state index contributed by atoms with van der Waals surface area (Å²) in [5, 5.41) is 30.6. The van der Waals surface area contributed by atoms with Crippen LogP contribution in [0.4, 0.5) is 0 Å². The van der Waals surface area contributed by atoms with E-state index in [0.717, 1.165) is 83.7 Å². The topological polar surface area (TPSA) is 124 Å². The quantitative estimate of drug-likeness (QED) is 0.155. The normalized spacial score (nSPS) is 28.0. The minimum absolute atomic E-state index is 0.0961. The lowest BCUT2D eigenvalue weighted by molar-refractivity contribution is -0.185. The Morgan fingerprint density at radius 3 is 2.06 bits per heavy atom. The lowest BCUT2D eigenvalue weighted by atomic mass is 9.84. The van der Waals surface area contributed by atoms with Crippen LogP contribution in [0.1, 0.15) is 103 Å². The third kappa shape index (κ3) is 13.7. The summed E-state index contributed by atoms with van der Waals surface area (Å²) < 4.78 is 22.8. The first-order chi connectivity index (χ1) is 17.0. The molecule has 0 aromatic heterocycles. The number of hydrogen-bond donors (Lipinski definition) is 4. The molecule has 2 aliphatic rings. The zero-order chi connectivity index (χ0) is 25.3. The maximum Gasteiger partial charge on any atom is 0.157 e. The summed E-state index contributed by atoms with van der Waals surface area (Å²) in [4.78, 5) is 0. The molecule has 0 saturated heterocycles. The van der Waals surface area contributed by atoms with Gasteiger partial charge in [0, 0.05) is 18.9 Å². The van der Waals surface area contributed by atoms with Crippen molar-refractivity contribution in [2.24, 2.45) is 17.6 Å². The van der Waals surface area contributed by atoms with Crippen molar-refractivity contribution >= 4 is 0 Å². The van der Waals surface area contributed by atoms with Crippen LogP contribution in [0.5, 0.6) is 0 Å². The third-order valence-electron chi connectivity index (χ3n) is 7.45. The van der Waals surface area contributed by atoms with E-state index in [1.165, 1.54) is 0 Å². The standard InChI is InChI=1S/C27H53NO7/c1-2-3-4-7-25(29)33-18-6-19-34-26(30)20-21-8-12-24(13-9-21)35-27(31)22-10-14-23(15-11-22)32-17-5-16-28/h21-27,29-31H,2-20,28H2,1H3. The minimum atomic E-state index is -0.764. The summed E-state index contributed by atoms with van der Waals surface area (Å²) in [5.41, 5.74) is 5.52. The molecule has 2 saturated carbocycles. The van der Waals surface area contributed by atoms with Crippen LogP contribution in [-0.2, 0) is 18.9 Å². The summed E-state index contributed by atoms with van der Waals surface area (Å²) in [6.45, 7) is 4.39. The number of hydrogen-bond acceptors (Lipinski definition) is 8. The van der Waals surface area contributed by atoms with Gasteiger partial charge in [-0.2, -0.15) is 0 Å². The molecule has 2 fully saturated rings. The van der Waals surface area contributed by atoms with Crippen molar-refractivity contribution in [1.82, 2.24) is 0 Å². The van der Waals surface area contributed by atoms with Gasteiger partial charge in [0.15, 0.2) is 18.9 Å². The lowest BCUT2D eigenvalue weighted by Crippen LogP contribution is -2.35. The molecule has 0 aromatic carbocycles. The Balaban J connectivity index is 1.49. The van der Waals surface area contributed by atoms with Gasteiger partial charge in [0.05, 0.1) is 25.4 Å². The van der Waals surface area contributed by atoms with Gasteiger partial charge in [-0.05, 0) is 89.5 Å². The molecule has 8 nitrogen and oxygen atoms in total. The molecular formula is C27H53NO7. The molecule has 0 spiro atoms. The van der Waals surface area contributed by atoms with Crippen molar-refractivity contribution in [3.8, 4) is 0 Å². The summed E-state index contributed by atoms with van der Waals surface area (Å²) in [6, 6.07) is 0. The van der Waals surface area contributed by atoms with Gasteiger partial charge in [-0.3, -0.25) is 0 Å². The fraction of sp³-hybridized carbons (Fsp3) is 1.00. The molecule has 0 aliphatic heterocycles. The molecule has 3 atom stereocenters. The fourth-order valence-electron chi connectivity index (χ4n) is 5.19. The number of ether oxygens (including phenoxy) is 4. The van der Waals surface area contributed by atoms with E-state index in [1.807, 2.05) is 0 Å². The van der Waals surface area contributed by atoms with Crippen LogP contribution in [0.15, 0.2) is 0 Å². The van der Waals surface area contributed by atoms with E-state index in [4.69, 9.17) is 24.7 Å². The molecule has 0 heterocycles.